The highest BCUT2D eigenvalue weighted by molar-refractivity contribution is 6.36. The van der Waals surface area contributed by atoms with Gasteiger partial charge in [-0.1, -0.05) is 23.2 Å². The summed E-state index contributed by atoms with van der Waals surface area (Å²) in [7, 11) is 0. The molecule has 1 aromatic rings. The predicted octanol–water partition coefficient (Wildman–Crippen LogP) is 3.18. The van der Waals surface area contributed by atoms with E-state index in [1.54, 1.807) is 18.2 Å². The van der Waals surface area contributed by atoms with Crippen molar-refractivity contribution in [3.05, 3.63) is 28.2 Å². The van der Waals surface area contributed by atoms with Gasteiger partial charge in [-0.3, -0.25) is 0 Å². The van der Waals surface area contributed by atoms with Crippen molar-refractivity contribution in [2.75, 3.05) is 11.9 Å². The molecule has 0 radical (unpaired) electrons. The Kier molecular flexibility index (Phi) is 3.65. The maximum atomic E-state index is 9.07. The lowest BCUT2D eigenvalue weighted by Crippen LogP contribution is -2.34. The first-order valence-corrected chi connectivity index (χ1v) is 5.04. The van der Waals surface area contributed by atoms with Crippen LogP contribution in [0.2, 0.25) is 10.0 Å². The predicted molar refractivity (Wildman–Crippen MR) is 61.2 cm³/mol. The van der Waals surface area contributed by atoms with Gasteiger partial charge in [-0.25, -0.2) is 0 Å². The zero-order chi connectivity index (χ0) is 10.8. The minimum Gasteiger partial charge on any atom is -0.394 e. The Balaban J connectivity index is 2.87. The fourth-order valence-electron chi connectivity index (χ4n) is 0.995. The van der Waals surface area contributed by atoms with Crippen LogP contribution in [0.1, 0.15) is 13.8 Å². The molecule has 0 saturated carbocycles. The van der Waals surface area contributed by atoms with Gasteiger partial charge in [-0.2, -0.15) is 0 Å². The average molecular weight is 234 g/mol. The molecule has 0 aliphatic carbocycles. The molecule has 1 rings (SSSR count). The molecule has 0 aliphatic rings. The highest BCUT2D eigenvalue weighted by atomic mass is 35.5. The van der Waals surface area contributed by atoms with Crippen molar-refractivity contribution in [2.45, 2.75) is 19.4 Å². The number of hydrogen-bond acceptors (Lipinski definition) is 2. The molecule has 0 unspecified atom stereocenters. The summed E-state index contributed by atoms with van der Waals surface area (Å²) in [6.45, 7) is 3.81. The summed E-state index contributed by atoms with van der Waals surface area (Å²) in [5, 5.41) is 13.3. The monoisotopic (exact) mass is 233 g/mol. The Bertz CT molecular complexity index is 326. The van der Waals surface area contributed by atoms with E-state index in [0.717, 1.165) is 5.69 Å². The van der Waals surface area contributed by atoms with Gasteiger partial charge in [-0.15, -0.1) is 0 Å². The van der Waals surface area contributed by atoms with Crippen molar-refractivity contribution >= 4 is 28.9 Å². The normalized spacial score (nSPS) is 11.5. The van der Waals surface area contributed by atoms with E-state index in [1.807, 2.05) is 13.8 Å². The van der Waals surface area contributed by atoms with E-state index >= 15 is 0 Å². The fraction of sp³-hybridized carbons (Fsp3) is 0.400. The maximum absolute atomic E-state index is 9.07. The third-order valence-electron chi connectivity index (χ3n) is 1.80. The number of hydrogen-bond donors (Lipinski definition) is 2. The van der Waals surface area contributed by atoms with Gasteiger partial charge in [0.1, 0.15) is 0 Å². The summed E-state index contributed by atoms with van der Waals surface area (Å²) in [5.41, 5.74) is 0.382. The minimum atomic E-state index is -0.391. The lowest BCUT2D eigenvalue weighted by atomic mass is 10.1. The van der Waals surface area contributed by atoms with Gasteiger partial charge in [0.25, 0.3) is 0 Å². The molecule has 0 aromatic heterocycles. The van der Waals surface area contributed by atoms with Crippen LogP contribution in [0.25, 0.3) is 0 Å². The molecule has 4 heteroatoms. The number of anilines is 1. The first-order valence-electron chi connectivity index (χ1n) is 4.29. The molecule has 2 N–H and O–H groups in total. The van der Waals surface area contributed by atoms with E-state index in [2.05, 4.69) is 5.32 Å². The van der Waals surface area contributed by atoms with E-state index in [-0.39, 0.29) is 6.61 Å². The van der Waals surface area contributed by atoms with Crippen LogP contribution in [0.3, 0.4) is 0 Å². The van der Waals surface area contributed by atoms with Crippen LogP contribution in [-0.4, -0.2) is 17.3 Å². The molecule has 0 saturated heterocycles. The Labute approximate surface area is 93.8 Å². The number of halogens is 2. The van der Waals surface area contributed by atoms with E-state index in [0.29, 0.717) is 10.0 Å². The number of aliphatic hydroxyl groups excluding tert-OH is 1. The van der Waals surface area contributed by atoms with Gasteiger partial charge >= 0.3 is 0 Å². The largest absolute Gasteiger partial charge is 0.394 e. The van der Waals surface area contributed by atoms with Crippen molar-refractivity contribution < 1.29 is 5.11 Å². The summed E-state index contributed by atoms with van der Waals surface area (Å²) in [5.74, 6) is 0. The van der Waals surface area contributed by atoms with Gasteiger partial charge in [0.2, 0.25) is 0 Å². The third-order valence-corrected chi connectivity index (χ3v) is 2.35. The second-order valence-electron chi connectivity index (χ2n) is 3.79. The van der Waals surface area contributed by atoms with Crippen molar-refractivity contribution in [3.63, 3.8) is 0 Å². The topological polar surface area (TPSA) is 32.3 Å². The molecule has 0 aliphatic heterocycles. The lowest BCUT2D eigenvalue weighted by Gasteiger charge is -2.25. The third kappa shape index (κ3) is 3.05. The Hall–Kier alpha value is -0.440. The molecule has 0 amide bonds. The number of aliphatic hydroxyl groups is 1. The zero-order valence-electron chi connectivity index (χ0n) is 8.14. The molecular formula is C10H13Cl2NO. The van der Waals surface area contributed by atoms with Crippen molar-refractivity contribution in [2.24, 2.45) is 0 Å². The van der Waals surface area contributed by atoms with Crippen molar-refractivity contribution in [1.82, 2.24) is 0 Å². The molecular weight excluding hydrogens is 221 g/mol. The minimum absolute atomic E-state index is 0.0337. The van der Waals surface area contributed by atoms with Gasteiger partial charge in [0, 0.05) is 5.02 Å². The molecule has 14 heavy (non-hydrogen) atoms. The summed E-state index contributed by atoms with van der Waals surface area (Å²) >= 11 is 11.7. The Morgan fingerprint density at radius 1 is 1.36 bits per heavy atom. The van der Waals surface area contributed by atoms with Gasteiger partial charge in [-0.05, 0) is 32.0 Å². The van der Waals surface area contributed by atoms with Crippen molar-refractivity contribution in [3.8, 4) is 0 Å². The quantitative estimate of drug-likeness (QED) is 0.841. The molecule has 0 fully saturated rings. The maximum Gasteiger partial charge on any atom is 0.0656 e. The highest BCUT2D eigenvalue weighted by Crippen LogP contribution is 2.27. The molecule has 0 atom stereocenters. The van der Waals surface area contributed by atoms with Crippen LogP contribution in [0.5, 0.6) is 0 Å². The van der Waals surface area contributed by atoms with E-state index < -0.39 is 5.54 Å². The standard InChI is InChI=1S/C10H13Cl2NO/c1-10(2,6-14)13-9-4-3-7(11)5-8(9)12/h3-5,13-14H,6H2,1-2H3. The average Bonchev–Trinajstić information content (AvgIpc) is 2.10. The number of benzene rings is 1. The van der Waals surface area contributed by atoms with Gasteiger partial charge < -0.3 is 10.4 Å². The number of nitrogens with one attached hydrogen (secondary N) is 1. The fourth-order valence-corrected chi connectivity index (χ4v) is 1.45. The van der Waals surface area contributed by atoms with Crippen LogP contribution in [0.15, 0.2) is 18.2 Å². The summed E-state index contributed by atoms with van der Waals surface area (Å²) in [6, 6.07) is 5.21. The summed E-state index contributed by atoms with van der Waals surface area (Å²) in [4.78, 5) is 0. The summed E-state index contributed by atoms with van der Waals surface area (Å²) < 4.78 is 0. The molecule has 0 bridgehead atoms. The van der Waals surface area contributed by atoms with Crippen LogP contribution in [0.4, 0.5) is 5.69 Å². The molecule has 2 nitrogen and oxygen atoms in total. The highest BCUT2D eigenvalue weighted by Gasteiger charge is 2.16. The van der Waals surface area contributed by atoms with Crippen LogP contribution < -0.4 is 5.32 Å². The van der Waals surface area contributed by atoms with Gasteiger partial charge in [0.15, 0.2) is 0 Å². The Morgan fingerprint density at radius 2 is 2.00 bits per heavy atom. The first-order chi connectivity index (χ1) is 6.44. The van der Waals surface area contributed by atoms with Crippen molar-refractivity contribution in [1.29, 1.82) is 0 Å². The van der Waals surface area contributed by atoms with E-state index in [4.69, 9.17) is 28.3 Å². The van der Waals surface area contributed by atoms with E-state index in [9.17, 15) is 0 Å². The van der Waals surface area contributed by atoms with Crippen LogP contribution in [-0.2, 0) is 0 Å². The SMILES string of the molecule is CC(C)(CO)Nc1ccc(Cl)cc1Cl. The molecule has 0 spiro atoms. The number of rotatable bonds is 3. The summed E-state index contributed by atoms with van der Waals surface area (Å²) in [6.07, 6.45) is 0. The second-order valence-corrected chi connectivity index (χ2v) is 4.63. The molecule has 78 valence electrons. The lowest BCUT2D eigenvalue weighted by molar-refractivity contribution is 0.234. The first kappa shape index (κ1) is 11.6. The molecule has 1 aromatic carbocycles. The molecule has 0 heterocycles. The van der Waals surface area contributed by atoms with Gasteiger partial charge in [0.05, 0.1) is 22.9 Å². The second kappa shape index (κ2) is 4.39. The van der Waals surface area contributed by atoms with Crippen LogP contribution in [0, 0.1) is 0 Å². The zero-order valence-corrected chi connectivity index (χ0v) is 9.65. The smallest absolute Gasteiger partial charge is 0.0656 e. The Morgan fingerprint density at radius 3 is 2.50 bits per heavy atom. The van der Waals surface area contributed by atoms with E-state index in [1.165, 1.54) is 0 Å². The van der Waals surface area contributed by atoms with Crippen LogP contribution >= 0.6 is 23.2 Å².